The van der Waals surface area contributed by atoms with Gasteiger partial charge in [-0.1, -0.05) is 0 Å². The molecule has 0 saturated heterocycles. The standard InChI is InChI=1S/C12H19NO2S/c1-7-6-11(10(4)16-7)8(2)13-9(3)12(14)15-5/h6,8-9,13H,1-5H3/t8?,9-/m0/s1. The molecule has 0 aliphatic rings. The summed E-state index contributed by atoms with van der Waals surface area (Å²) in [7, 11) is 1.41. The Kier molecular flexibility index (Phi) is 4.50. The number of nitrogens with one attached hydrogen (secondary N) is 1. The maximum atomic E-state index is 11.3. The molecule has 0 fully saturated rings. The Hall–Kier alpha value is -0.870. The van der Waals surface area contributed by atoms with E-state index in [0.29, 0.717) is 0 Å². The van der Waals surface area contributed by atoms with Crippen LogP contribution in [0.5, 0.6) is 0 Å². The van der Waals surface area contributed by atoms with Crippen LogP contribution in [0.1, 0.15) is 35.2 Å². The zero-order chi connectivity index (χ0) is 12.3. The molecule has 0 aromatic carbocycles. The van der Waals surface area contributed by atoms with Gasteiger partial charge in [0.1, 0.15) is 6.04 Å². The van der Waals surface area contributed by atoms with Crippen molar-refractivity contribution in [3.05, 3.63) is 21.4 Å². The normalized spacial score (nSPS) is 14.6. The van der Waals surface area contributed by atoms with Crippen LogP contribution in [0, 0.1) is 13.8 Å². The average Bonchev–Trinajstić information content (AvgIpc) is 2.56. The monoisotopic (exact) mass is 241 g/mol. The second kappa shape index (κ2) is 5.46. The Balaban J connectivity index is 2.68. The molecule has 1 aromatic rings. The van der Waals surface area contributed by atoms with Crippen LogP contribution in [0.2, 0.25) is 0 Å². The number of carbonyl (C=O) groups excluding carboxylic acids is 1. The third-order valence-electron chi connectivity index (χ3n) is 2.60. The summed E-state index contributed by atoms with van der Waals surface area (Å²) < 4.78 is 4.69. The number of hydrogen-bond donors (Lipinski definition) is 1. The molecule has 0 radical (unpaired) electrons. The van der Waals surface area contributed by atoms with E-state index in [9.17, 15) is 4.79 Å². The minimum Gasteiger partial charge on any atom is -0.468 e. The Morgan fingerprint density at radius 2 is 2.06 bits per heavy atom. The van der Waals surface area contributed by atoms with Gasteiger partial charge in [0.2, 0.25) is 0 Å². The van der Waals surface area contributed by atoms with Crippen molar-refractivity contribution in [2.45, 2.75) is 39.8 Å². The third-order valence-corrected chi connectivity index (χ3v) is 3.58. The molecule has 0 amide bonds. The van der Waals surface area contributed by atoms with Gasteiger partial charge in [0.05, 0.1) is 7.11 Å². The molecule has 1 rings (SSSR count). The SMILES string of the molecule is COC(=O)[C@H](C)NC(C)c1cc(C)sc1C. The van der Waals surface area contributed by atoms with Crippen LogP contribution in [0.4, 0.5) is 0 Å². The summed E-state index contributed by atoms with van der Waals surface area (Å²) in [5.41, 5.74) is 1.26. The molecular weight excluding hydrogens is 222 g/mol. The highest BCUT2D eigenvalue weighted by molar-refractivity contribution is 7.12. The molecule has 0 spiro atoms. The lowest BCUT2D eigenvalue weighted by Crippen LogP contribution is -2.36. The predicted molar refractivity (Wildman–Crippen MR) is 66.8 cm³/mol. The summed E-state index contributed by atoms with van der Waals surface area (Å²) in [5.74, 6) is -0.226. The Morgan fingerprint density at radius 3 is 2.50 bits per heavy atom. The molecule has 0 bridgehead atoms. The maximum absolute atomic E-state index is 11.3. The molecule has 3 nitrogen and oxygen atoms in total. The van der Waals surface area contributed by atoms with Gasteiger partial charge in [-0.15, -0.1) is 11.3 Å². The van der Waals surface area contributed by atoms with E-state index >= 15 is 0 Å². The minimum atomic E-state index is -0.278. The maximum Gasteiger partial charge on any atom is 0.322 e. The Bertz CT molecular complexity index is 373. The molecule has 4 heteroatoms. The van der Waals surface area contributed by atoms with Gasteiger partial charge >= 0.3 is 5.97 Å². The lowest BCUT2D eigenvalue weighted by atomic mass is 10.1. The molecule has 1 heterocycles. The Labute approximate surface area is 101 Å². The number of thiophene rings is 1. The van der Waals surface area contributed by atoms with Crippen molar-refractivity contribution in [2.24, 2.45) is 0 Å². The lowest BCUT2D eigenvalue weighted by molar-refractivity contribution is -0.142. The predicted octanol–water partition coefficient (Wildman–Crippen LogP) is 2.58. The quantitative estimate of drug-likeness (QED) is 0.823. The minimum absolute atomic E-state index is 0.166. The lowest BCUT2D eigenvalue weighted by Gasteiger charge is -2.18. The fraction of sp³-hybridized carbons (Fsp3) is 0.583. The third kappa shape index (κ3) is 3.06. The van der Waals surface area contributed by atoms with Gasteiger partial charge in [0, 0.05) is 15.8 Å². The van der Waals surface area contributed by atoms with Crippen LogP contribution in [-0.2, 0) is 9.53 Å². The summed E-state index contributed by atoms with van der Waals surface area (Å²) in [6.45, 7) is 8.08. The molecule has 1 aromatic heterocycles. The van der Waals surface area contributed by atoms with Crippen LogP contribution in [0.3, 0.4) is 0 Å². The highest BCUT2D eigenvalue weighted by Gasteiger charge is 2.18. The van der Waals surface area contributed by atoms with Crippen molar-refractivity contribution in [3.63, 3.8) is 0 Å². The number of aryl methyl sites for hydroxylation is 2. The number of ether oxygens (including phenoxy) is 1. The van der Waals surface area contributed by atoms with Gasteiger partial charge in [-0.3, -0.25) is 10.1 Å². The largest absolute Gasteiger partial charge is 0.468 e. The first kappa shape index (κ1) is 13.2. The number of carbonyl (C=O) groups is 1. The fourth-order valence-corrected chi connectivity index (χ4v) is 2.81. The number of rotatable bonds is 4. The molecular formula is C12H19NO2S. The summed E-state index contributed by atoms with van der Waals surface area (Å²) in [6.07, 6.45) is 0. The van der Waals surface area contributed by atoms with Gasteiger partial charge < -0.3 is 4.74 Å². The number of methoxy groups -OCH3 is 1. The summed E-state index contributed by atoms with van der Waals surface area (Å²) >= 11 is 1.78. The van der Waals surface area contributed by atoms with E-state index < -0.39 is 0 Å². The van der Waals surface area contributed by atoms with Crippen molar-refractivity contribution in [1.82, 2.24) is 5.32 Å². The average molecular weight is 241 g/mol. The van der Waals surface area contributed by atoms with E-state index in [1.54, 1.807) is 11.3 Å². The molecule has 1 unspecified atom stereocenters. The zero-order valence-electron chi connectivity index (χ0n) is 10.5. The van der Waals surface area contributed by atoms with E-state index in [1.807, 2.05) is 6.92 Å². The van der Waals surface area contributed by atoms with Crippen LogP contribution >= 0.6 is 11.3 Å². The van der Waals surface area contributed by atoms with Gasteiger partial charge in [-0.05, 0) is 39.3 Å². The first-order valence-electron chi connectivity index (χ1n) is 5.36. The number of hydrogen-bond acceptors (Lipinski definition) is 4. The molecule has 0 aliphatic carbocycles. The first-order chi connectivity index (χ1) is 7.45. The Morgan fingerprint density at radius 1 is 1.44 bits per heavy atom. The van der Waals surface area contributed by atoms with Crippen LogP contribution < -0.4 is 5.32 Å². The van der Waals surface area contributed by atoms with Gasteiger partial charge in [-0.25, -0.2) is 0 Å². The van der Waals surface area contributed by atoms with Crippen molar-refractivity contribution >= 4 is 17.3 Å². The highest BCUT2D eigenvalue weighted by atomic mass is 32.1. The second-order valence-electron chi connectivity index (χ2n) is 4.00. The molecule has 16 heavy (non-hydrogen) atoms. The summed E-state index contributed by atoms with van der Waals surface area (Å²) in [4.78, 5) is 13.9. The molecule has 0 aliphatic heterocycles. The molecule has 1 N–H and O–H groups in total. The number of esters is 1. The highest BCUT2D eigenvalue weighted by Crippen LogP contribution is 2.26. The topological polar surface area (TPSA) is 38.3 Å². The molecule has 0 saturated carbocycles. The van der Waals surface area contributed by atoms with E-state index in [0.717, 1.165) is 0 Å². The van der Waals surface area contributed by atoms with E-state index in [2.05, 4.69) is 36.9 Å². The fourth-order valence-electron chi connectivity index (χ4n) is 1.79. The van der Waals surface area contributed by atoms with Crippen LogP contribution in [-0.4, -0.2) is 19.1 Å². The van der Waals surface area contributed by atoms with Crippen molar-refractivity contribution in [1.29, 1.82) is 0 Å². The second-order valence-corrected chi connectivity index (χ2v) is 5.46. The first-order valence-corrected chi connectivity index (χ1v) is 6.18. The van der Waals surface area contributed by atoms with E-state index in [1.165, 1.54) is 22.4 Å². The van der Waals surface area contributed by atoms with Crippen molar-refractivity contribution in [2.75, 3.05) is 7.11 Å². The molecule has 2 atom stereocenters. The molecule has 90 valence electrons. The van der Waals surface area contributed by atoms with Crippen molar-refractivity contribution in [3.8, 4) is 0 Å². The van der Waals surface area contributed by atoms with Crippen molar-refractivity contribution < 1.29 is 9.53 Å². The summed E-state index contributed by atoms with van der Waals surface area (Å²) in [5, 5.41) is 3.23. The smallest absolute Gasteiger partial charge is 0.322 e. The van der Waals surface area contributed by atoms with E-state index in [-0.39, 0.29) is 18.1 Å². The van der Waals surface area contributed by atoms with E-state index in [4.69, 9.17) is 0 Å². The van der Waals surface area contributed by atoms with Gasteiger partial charge in [-0.2, -0.15) is 0 Å². The van der Waals surface area contributed by atoms with Gasteiger partial charge in [0.15, 0.2) is 0 Å². The van der Waals surface area contributed by atoms with Gasteiger partial charge in [0.25, 0.3) is 0 Å². The summed E-state index contributed by atoms with van der Waals surface area (Å²) in [6, 6.07) is 2.06. The zero-order valence-corrected chi connectivity index (χ0v) is 11.3. The van der Waals surface area contributed by atoms with Crippen LogP contribution in [0.25, 0.3) is 0 Å². The van der Waals surface area contributed by atoms with Crippen LogP contribution in [0.15, 0.2) is 6.07 Å².